The fourth-order valence-corrected chi connectivity index (χ4v) is 4.50. The van der Waals surface area contributed by atoms with Gasteiger partial charge >= 0.3 is 0 Å². The number of amidine groups is 1. The second-order valence-electron chi connectivity index (χ2n) is 8.29. The highest BCUT2D eigenvalue weighted by atomic mass is 16.5. The number of nitrogens with two attached hydrogens (primary N) is 1. The number of carbonyl (C=O) groups is 1. The average Bonchev–Trinajstić information content (AvgIpc) is 3.03. The average molecular weight is 405 g/mol. The largest absolute Gasteiger partial charge is 0.487 e. The number of ether oxygens (including phenoxy) is 3. The maximum absolute atomic E-state index is 12.6. The summed E-state index contributed by atoms with van der Waals surface area (Å²) in [6.07, 6.45) is 2.76. The Labute approximate surface area is 174 Å². The number of aromatic nitrogens is 2. The normalized spacial score (nSPS) is 24.9. The Morgan fingerprint density at radius 3 is 2.53 bits per heavy atom. The number of benzene rings is 1. The molecule has 1 amide bonds. The van der Waals surface area contributed by atoms with E-state index in [1.807, 2.05) is 26.0 Å². The molecule has 3 aliphatic rings. The SMILES string of the molecule is [B]c1cnc(C(=O)Nc2ccc3c(c2)C2(COC(N)=N2)C2(COC2)C(C)(C)O3)nc1. The maximum Gasteiger partial charge on any atom is 0.293 e. The quantitative estimate of drug-likeness (QED) is 0.687. The molecule has 1 atom stereocenters. The molecule has 10 heteroatoms. The Bertz CT molecular complexity index is 1070. The topological polar surface area (TPSA) is 121 Å². The van der Waals surface area contributed by atoms with Gasteiger partial charge in [0.25, 0.3) is 11.9 Å². The zero-order chi connectivity index (χ0) is 21.1. The molecule has 2 spiro atoms. The molecule has 152 valence electrons. The number of anilines is 1. The highest BCUT2D eigenvalue weighted by molar-refractivity contribution is 6.31. The van der Waals surface area contributed by atoms with Crippen LogP contribution in [0.25, 0.3) is 0 Å². The lowest BCUT2D eigenvalue weighted by Crippen LogP contribution is -2.71. The molecule has 0 bridgehead atoms. The van der Waals surface area contributed by atoms with Crippen LogP contribution in [0.2, 0.25) is 0 Å². The van der Waals surface area contributed by atoms with Crippen LogP contribution in [-0.2, 0) is 15.0 Å². The lowest BCUT2D eigenvalue weighted by Gasteiger charge is -2.61. The van der Waals surface area contributed by atoms with E-state index >= 15 is 0 Å². The second-order valence-corrected chi connectivity index (χ2v) is 8.29. The van der Waals surface area contributed by atoms with Crippen molar-refractivity contribution in [2.75, 3.05) is 25.1 Å². The van der Waals surface area contributed by atoms with Gasteiger partial charge in [0.15, 0.2) is 0 Å². The lowest BCUT2D eigenvalue weighted by atomic mass is 9.55. The molecule has 1 fully saturated rings. The lowest BCUT2D eigenvalue weighted by molar-refractivity contribution is -0.247. The standard InChI is InChI=1S/C20H20BN5O4/c1-18(2)19(8-28-9-19)20(10-29-17(22)26-20)13-5-12(3-4-14(13)30-18)25-16(27)15-23-6-11(21)7-24-15/h3-7H,8-10H2,1-2H3,(H2,22,26)(H,25,27). The van der Waals surface area contributed by atoms with Crippen molar-refractivity contribution in [3.63, 3.8) is 0 Å². The van der Waals surface area contributed by atoms with Crippen molar-refractivity contribution in [3.8, 4) is 5.75 Å². The van der Waals surface area contributed by atoms with Gasteiger partial charge in [-0.25, -0.2) is 15.0 Å². The van der Waals surface area contributed by atoms with Crippen LogP contribution in [0.15, 0.2) is 35.6 Å². The Morgan fingerprint density at radius 2 is 1.93 bits per heavy atom. The molecule has 1 unspecified atom stereocenters. The van der Waals surface area contributed by atoms with E-state index in [2.05, 4.69) is 15.3 Å². The summed E-state index contributed by atoms with van der Waals surface area (Å²) < 4.78 is 17.6. The van der Waals surface area contributed by atoms with Gasteiger partial charge in [-0.3, -0.25) is 4.79 Å². The molecule has 9 nitrogen and oxygen atoms in total. The van der Waals surface area contributed by atoms with Crippen molar-refractivity contribution >= 4 is 30.9 Å². The molecule has 2 radical (unpaired) electrons. The van der Waals surface area contributed by atoms with Crippen molar-refractivity contribution in [3.05, 3.63) is 42.0 Å². The molecule has 0 aliphatic carbocycles. The van der Waals surface area contributed by atoms with Gasteiger partial charge in [-0.2, -0.15) is 0 Å². The van der Waals surface area contributed by atoms with Crippen molar-refractivity contribution < 1.29 is 19.0 Å². The van der Waals surface area contributed by atoms with Crippen LogP contribution in [-0.4, -0.2) is 55.2 Å². The van der Waals surface area contributed by atoms with Crippen LogP contribution in [0.4, 0.5) is 5.69 Å². The smallest absolute Gasteiger partial charge is 0.293 e. The number of hydrogen-bond acceptors (Lipinski definition) is 8. The van der Waals surface area contributed by atoms with Crippen molar-refractivity contribution in [2.45, 2.75) is 25.0 Å². The molecule has 30 heavy (non-hydrogen) atoms. The number of hydrogen-bond donors (Lipinski definition) is 2. The Balaban J connectivity index is 1.56. The summed E-state index contributed by atoms with van der Waals surface area (Å²) in [5.74, 6) is 0.235. The summed E-state index contributed by atoms with van der Waals surface area (Å²) in [5.41, 5.74) is 5.89. The molecule has 3 N–H and O–H groups in total. The summed E-state index contributed by atoms with van der Waals surface area (Å²) in [6.45, 7) is 5.27. The first-order valence-electron chi connectivity index (χ1n) is 9.55. The first-order chi connectivity index (χ1) is 14.3. The monoisotopic (exact) mass is 405 g/mol. The van der Waals surface area contributed by atoms with Crippen LogP contribution in [0.1, 0.15) is 30.0 Å². The van der Waals surface area contributed by atoms with Gasteiger partial charge in [-0.05, 0) is 32.0 Å². The van der Waals surface area contributed by atoms with Crippen LogP contribution in [0.3, 0.4) is 0 Å². The molecule has 5 rings (SSSR count). The van der Waals surface area contributed by atoms with E-state index in [0.717, 1.165) is 5.56 Å². The molecular weight excluding hydrogens is 385 g/mol. The second kappa shape index (κ2) is 6.18. The molecule has 1 aromatic carbocycles. The Hall–Kier alpha value is -3.14. The van der Waals surface area contributed by atoms with E-state index < -0.39 is 22.5 Å². The van der Waals surface area contributed by atoms with E-state index in [0.29, 0.717) is 30.1 Å². The predicted molar refractivity (Wildman–Crippen MR) is 109 cm³/mol. The van der Waals surface area contributed by atoms with Gasteiger partial charge < -0.3 is 25.3 Å². The minimum absolute atomic E-state index is 0.0179. The molecule has 3 aliphatic heterocycles. The van der Waals surface area contributed by atoms with E-state index in [9.17, 15) is 4.79 Å². The highest BCUT2D eigenvalue weighted by Gasteiger charge is 2.71. The van der Waals surface area contributed by atoms with Crippen molar-refractivity contribution in [2.24, 2.45) is 16.1 Å². The molecule has 2 aromatic rings. The number of aliphatic imine (C=N–C) groups is 1. The first-order valence-corrected chi connectivity index (χ1v) is 9.55. The van der Waals surface area contributed by atoms with E-state index in [1.54, 1.807) is 6.07 Å². The van der Waals surface area contributed by atoms with Gasteiger partial charge in [0.05, 0.1) is 18.6 Å². The third-order valence-corrected chi connectivity index (χ3v) is 6.29. The number of amides is 1. The zero-order valence-electron chi connectivity index (χ0n) is 16.6. The third-order valence-electron chi connectivity index (χ3n) is 6.29. The van der Waals surface area contributed by atoms with Gasteiger partial charge in [0.1, 0.15) is 31.3 Å². The summed E-state index contributed by atoms with van der Waals surface area (Å²) in [4.78, 5) is 25.2. The minimum Gasteiger partial charge on any atom is -0.487 e. The van der Waals surface area contributed by atoms with Crippen molar-refractivity contribution in [1.29, 1.82) is 0 Å². The third kappa shape index (κ3) is 2.46. The van der Waals surface area contributed by atoms with E-state index in [4.69, 9.17) is 32.8 Å². The summed E-state index contributed by atoms with van der Waals surface area (Å²) in [7, 11) is 5.58. The van der Waals surface area contributed by atoms with E-state index in [1.165, 1.54) is 12.4 Å². The Kier molecular flexibility index (Phi) is 3.89. The number of fused-ring (bicyclic) bond motifs is 3. The molecule has 0 saturated carbocycles. The van der Waals surface area contributed by atoms with Crippen LogP contribution in [0, 0.1) is 5.41 Å². The van der Waals surface area contributed by atoms with Gasteiger partial charge in [-0.1, -0.05) is 5.46 Å². The van der Waals surface area contributed by atoms with Crippen LogP contribution < -0.4 is 21.3 Å². The highest BCUT2D eigenvalue weighted by Crippen LogP contribution is 2.62. The zero-order valence-corrected chi connectivity index (χ0v) is 16.6. The number of carbonyl (C=O) groups excluding carboxylic acids is 1. The van der Waals surface area contributed by atoms with E-state index in [-0.39, 0.29) is 18.5 Å². The van der Waals surface area contributed by atoms with Crippen LogP contribution >= 0.6 is 0 Å². The number of nitrogens with zero attached hydrogens (tertiary/aromatic N) is 3. The summed E-state index contributed by atoms with van der Waals surface area (Å²) in [5, 5.41) is 2.82. The number of nitrogens with one attached hydrogen (secondary N) is 1. The first kappa shape index (κ1) is 18.9. The van der Waals surface area contributed by atoms with Gasteiger partial charge in [0.2, 0.25) is 5.82 Å². The molecule has 4 heterocycles. The minimum atomic E-state index is -0.773. The van der Waals surface area contributed by atoms with Crippen LogP contribution in [0.5, 0.6) is 5.75 Å². The predicted octanol–water partition coefficient (Wildman–Crippen LogP) is 0.250. The van der Waals surface area contributed by atoms with Gasteiger partial charge in [0, 0.05) is 23.6 Å². The summed E-state index contributed by atoms with van der Waals surface area (Å²) in [6, 6.07) is 5.55. The molecule has 1 saturated heterocycles. The molecule has 1 aromatic heterocycles. The number of rotatable bonds is 2. The Morgan fingerprint density at radius 1 is 1.20 bits per heavy atom. The van der Waals surface area contributed by atoms with Gasteiger partial charge in [-0.15, -0.1) is 0 Å². The van der Waals surface area contributed by atoms with Crippen molar-refractivity contribution in [1.82, 2.24) is 9.97 Å². The molecular formula is C20H20BN5O4. The fraction of sp³-hybridized carbons (Fsp3) is 0.400. The fourth-order valence-electron chi connectivity index (χ4n) is 4.50. The summed E-state index contributed by atoms with van der Waals surface area (Å²) >= 11 is 0. The maximum atomic E-state index is 12.6.